The van der Waals surface area contributed by atoms with Crippen molar-refractivity contribution in [2.24, 2.45) is 0 Å². The highest BCUT2D eigenvalue weighted by Gasteiger charge is 2.56. The molecule has 1 aliphatic heterocycles. The second kappa shape index (κ2) is 12.1. The van der Waals surface area contributed by atoms with Gasteiger partial charge in [-0.3, -0.25) is 9.59 Å². The summed E-state index contributed by atoms with van der Waals surface area (Å²) in [6.07, 6.45) is 0. The second-order valence-electron chi connectivity index (χ2n) is 12.5. The van der Waals surface area contributed by atoms with Crippen molar-refractivity contribution in [1.29, 1.82) is 0 Å². The van der Waals surface area contributed by atoms with Crippen LogP contribution in [0.5, 0.6) is 0 Å². The van der Waals surface area contributed by atoms with Crippen LogP contribution in [0.2, 0.25) is 0 Å². The zero-order valence-corrected chi connectivity index (χ0v) is 31.4. The predicted octanol–water partition coefficient (Wildman–Crippen LogP) is 13.0. The van der Waals surface area contributed by atoms with Crippen LogP contribution in [0, 0.1) is 0 Å². The molecule has 5 aromatic heterocycles. The van der Waals surface area contributed by atoms with E-state index in [1.807, 2.05) is 24.3 Å². The monoisotopic (exact) mass is 716 g/mol. The third kappa shape index (κ3) is 5.04. The minimum Gasteiger partial charge on any atom is -0.302 e. The number of hydrogen-bond acceptors (Lipinski definition) is 8. The number of hydrogen-bond donors (Lipinski definition) is 0. The van der Waals surface area contributed by atoms with Gasteiger partial charge in [-0.2, -0.15) is 0 Å². The zero-order chi connectivity index (χ0) is 32.5. The molecular weight excluding hydrogens is 684 g/mol. The normalized spacial score (nSPS) is 14.4. The average Bonchev–Trinajstić information content (AvgIpc) is 3.87. The van der Waals surface area contributed by atoms with Crippen molar-refractivity contribution in [2.75, 3.05) is 0 Å². The van der Waals surface area contributed by atoms with Gasteiger partial charge in [0.05, 0.1) is 20.9 Å². The molecule has 0 saturated heterocycles. The van der Waals surface area contributed by atoms with Crippen LogP contribution in [0.15, 0.2) is 71.4 Å². The van der Waals surface area contributed by atoms with Crippen LogP contribution in [0.4, 0.5) is 0 Å². The lowest BCUT2D eigenvalue weighted by Gasteiger charge is -2.25. The van der Waals surface area contributed by atoms with Crippen molar-refractivity contribution in [2.45, 2.75) is 59.3 Å². The van der Waals surface area contributed by atoms with Crippen molar-refractivity contribution in [3.8, 4) is 39.0 Å². The lowest BCUT2D eigenvalue weighted by molar-refractivity contribution is 0.106. The van der Waals surface area contributed by atoms with Crippen LogP contribution in [-0.2, 0) is 4.57 Å². The van der Waals surface area contributed by atoms with Gasteiger partial charge in [0, 0.05) is 34.6 Å². The minimum absolute atomic E-state index is 0.00867. The maximum Gasteiger partial charge on any atom is 0.249 e. The van der Waals surface area contributed by atoms with Gasteiger partial charge in [-0.1, -0.05) is 65.8 Å². The Morgan fingerprint density at radius 1 is 0.543 bits per heavy atom. The molecule has 0 fully saturated rings. The predicted molar refractivity (Wildman–Crippen MR) is 202 cm³/mol. The fourth-order valence-electron chi connectivity index (χ4n) is 6.10. The van der Waals surface area contributed by atoms with Crippen molar-refractivity contribution < 1.29 is 14.2 Å². The molecule has 234 valence electrons. The Kier molecular flexibility index (Phi) is 8.36. The lowest BCUT2D eigenvalue weighted by Crippen LogP contribution is -2.25. The van der Waals surface area contributed by atoms with E-state index in [0.717, 1.165) is 55.7 Å². The van der Waals surface area contributed by atoms with E-state index in [1.54, 1.807) is 45.3 Å². The summed E-state index contributed by atoms with van der Waals surface area (Å²) in [6.45, 7) is 12.5. The van der Waals surface area contributed by atoms with E-state index in [4.69, 9.17) is 0 Å². The topological polar surface area (TPSA) is 51.2 Å². The molecule has 0 N–H and O–H groups in total. The Morgan fingerprint density at radius 2 is 0.978 bits per heavy atom. The number of fused-ring (bicyclic) bond motifs is 1. The van der Waals surface area contributed by atoms with Gasteiger partial charge in [0.15, 0.2) is 0 Å². The summed E-state index contributed by atoms with van der Waals surface area (Å²) < 4.78 is 15.6. The first kappa shape index (κ1) is 31.9. The maximum absolute atomic E-state index is 15.6. The Labute approximate surface area is 290 Å². The standard InChI is InChI=1S/C37H33O3PS5/c1-19(2)22-17-23(20(3)4)33(24(18-22)21(5)6)41(40)36(38)31-32(37(41)39)35(30-14-12-28(45-30)26-10-8-16-43-26)46-34(31)29-13-11-27(44-29)25-9-7-15-42-25/h7-21H,1-6H3. The molecule has 0 amide bonds. The summed E-state index contributed by atoms with van der Waals surface area (Å²) in [4.78, 5) is 37.7. The van der Waals surface area contributed by atoms with Crippen molar-refractivity contribution in [3.05, 3.63) is 99.2 Å². The largest absolute Gasteiger partial charge is 0.302 e. The highest BCUT2D eigenvalue weighted by Crippen LogP contribution is 2.65. The molecule has 0 aliphatic carbocycles. The molecule has 0 spiro atoms. The smallest absolute Gasteiger partial charge is 0.249 e. The van der Waals surface area contributed by atoms with Gasteiger partial charge < -0.3 is 4.57 Å². The molecule has 3 nitrogen and oxygen atoms in total. The number of carbonyl (C=O) groups excluding carboxylic acids is 2. The Hall–Kier alpha value is -2.71. The Balaban J connectivity index is 1.47. The Morgan fingerprint density at radius 3 is 1.35 bits per heavy atom. The van der Waals surface area contributed by atoms with Gasteiger partial charge in [-0.15, -0.1) is 56.7 Å². The zero-order valence-electron chi connectivity index (χ0n) is 26.4. The van der Waals surface area contributed by atoms with Crippen LogP contribution >= 0.6 is 63.8 Å². The average molecular weight is 717 g/mol. The summed E-state index contributed by atoms with van der Waals surface area (Å²) in [5.41, 5.74) is 2.51. The molecule has 0 radical (unpaired) electrons. The maximum atomic E-state index is 15.6. The number of carbonyl (C=O) groups is 2. The molecule has 0 bridgehead atoms. The molecule has 46 heavy (non-hydrogen) atoms. The van der Waals surface area contributed by atoms with Crippen LogP contribution in [0.1, 0.15) is 96.7 Å². The first-order valence-corrected chi connectivity index (χ1v) is 21.2. The summed E-state index contributed by atoms with van der Waals surface area (Å²) in [5.74, 6) is 0.239. The first-order chi connectivity index (χ1) is 22.0. The minimum atomic E-state index is -4.21. The summed E-state index contributed by atoms with van der Waals surface area (Å²) in [7, 11) is -4.21. The molecule has 1 aliphatic rings. The lowest BCUT2D eigenvalue weighted by atomic mass is 9.89. The van der Waals surface area contributed by atoms with E-state index in [1.165, 1.54) is 11.3 Å². The molecule has 0 unspecified atom stereocenters. The molecule has 6 heterocycles. The van der Waals surface area contributed by atoms with Gasteiger partial charge in [-0.05, 0) is 81.6 Å². The third-order valence-electron chi connectivity index (χ3n) is 8.51. The highest BCUT2D eigenvalue weighted by molar-refractivity contribution is 8.02. The van der Waals surface area contributed by atoms with Crippen molar-refractivity contribution >= 4 is 80.2 Å². The van der Waals surface area contributed by atoms with E-state index < -0.39 is 18.2 Å². The van der Waals surface area contributed by atoms with E-state index in [9.17, 15) is 9.59 Å². The van der Waals surface area contributed by atoms with E-state index in [-0.39, 0.29) is 17.8 Å². The van der Waals surface area contributed by atoms with Gasteiger partial charge in [0.2, 0.25) is 18.2 Å². The SMILES string of the molecule is CC(C)c1cc(C(C)C)c(P2(=O)C(=O)c3c(-c4ccc(-c5cccs5)s4)sc(-c4ccc(-c5cccs5)s4)c3C2=O)c(C(C)C)c1. The molecule has 7 rings (SSSR count). The number of benzene rings is 1. The number of rotatable bonds is 8. The van der Waals surface area contributed by atoms with Crippen LogP contribution < -0.4 is 5.30 Å². The third-order valence-corrected chi connectivity index (χ3v) is 17.1. The van der Waals surface area contributed by atoms with Crippen LogP contribution in [-0.4, -0.2) is 11.0 Å². The number of thiophene rings is 5. The van der Waals surface area contributed by atoms with Gasteiger partial charge in [0.1, 0.15) is 0 Å². The van der Waals surface area contributed by atoms with Crippen molar-refractivity contribution in [1.82, 2.24) is 0 Å². The Bertz CT molecular complexity index is 2010. The first-order valence-electron chi connectivity index (χ1n) is 15.3. The second-order valence-corrected chi connectivity index (χ2v) is 20.1. The van der Waals surface area contributed by atoms with Crippen LogP contribution in [0.3, 0.4) is 0 Å². The quantitative estimate of drug-likeness (QED) is 0.147. The summed E-state index contributed by atoms with van der Waals surface area (Å²) in [5, 5.41) is 4.59. The van der Waals surface area contributed by atoms with E-state index >= 15 is 4.57 Å². The summed E-state index contributed by atoms with van der Waals surface area (Å²) >= 11 is 8.06. The highest BCUT2D eigenvalue weighted by atomic mass is 32.1. The molecular formula is C37H33O3PS5. The fraction of sp³-hybridized carbons (Fsp3) is 0.243. The van der Waals surface area contributed by atoms with Gasteiger partial charge in [0.25, 0.3) is 0 Å². The fourth-order valence-corrected chi connectivity index (χ4v) is 14.5. The molecule has 9 heteroatoms. The summed E-state index contributed by atoms with van der Waals surface area (Å²) in [6, 6.07) is 20.7. The van der Waals surface area contributed by atoms with Crippen LogP contribution in [0.25, 0.3) is 39.0 Å². The molecule has 0 atom stereocenters. The molecule has 1 aromatic carbocycles. The molecule has 0 saturated carbocycles. The van der Waals surface area contributed by atoms with Gasteiger partial charge >= 0.3 is 0 Å². The van der Waals surface area contributed by atoms with E-state index in [0.29, 0.717) is 16.4 Å². The van der Waals surface area contributed by atoms with Gasteiger partial charge in [-0.25, -0.2) is 0 Å². The molecule has 6 aromatic rings. The van der Waals surface area contributed by atoms with Crippen molar-refractivity contribution in [3.63, 3.8) is 0 Å². The van der Waals surface area contributed by atoms with E-state index in [2.05, 4.69) is 88.7 Å².